The Bertz CT molecular complexity index is 860. The summed E-state index contributed by atoms with van der Waals surface area (Å²) < 4.78 is 60.3. The number of anilines is 1. The second-order valence-electron chi connectivity index (χ2n) is 9.47. The molecule has 1 aliphatic heterocycles. The van der Waals surface area contributed by atoms with Gasteiger partial charge in [-0.15, -0.1) is 0 Å². The predicted molar refractivity (Wildman–Crippen MR) is 116 cm³/mol. The van der Waals surface area contributed by atoms with Crippen molar-refractivity contribution in [2.45, 2.75) is 65.1 Å². The molecule has 33 heavy (non-hydrogen) atoms. The van der Waals surface area contributed by atoms with Gasteiger partial charge < -0.3 is 10.1 Å². The van der Waals surface area contributed by atoms with Crippen molar-refractivity contribution in [3.05, 3.63) is 29.6 Å². The maximum absolute atomic E-state index is 14.5. The first kappa shape index (κ1) is 25.5. The molecule has 1 aliphatic carbocycles. The molecule has 0 bridgehead atoms. The molecule has 1 heterocycles. The summed E-state index contributed by atoms with van der Waals surface area (Å²) in [6.45, 7) is 5.44. The Kier molecular flexibility index (Phi) is 7.71. The van der Waals surface area contributed by atoms with Gasteiger partial charge in [0, 0.05) is 0 Å². The Balaban J connectivity index is 1.76. The van der Waals surface area contributed by atoms with Crippen molar-refractivity contribution < 1.29 is 31.9 Å². The molecule has 0 unspecified atom stereocenters. The van der Waals surface area contributed by atoms with Gasteiger partial charge in [-0.05, 0) is 75.2 Å². The molecule has 1 N–H and O–H groups in total. The van der Waals surface area contributed by atoms with Crippen LogP contribution in [0.1, 0.15) is 52.0 Å². The van der Waals surface area contributed by atoms with Crippen LogP contribution in [0.15, 0.2) is 18.2 Å². The van der Waals surface area contributed by atoms with Gasteiger partial charge in [-0.25, -0.2) is 4.39 Å². The van der Waals surface area contributed by atoms with Crippen LogP contribution in [-0.2, 0) is 20.7 Å². The normalized spacial score (nSPS) is 20.7. The summed E-state index contributed by atoms with van der Waals surface area (Å²) in [4.78, 5) is 26.5. The first-order chi connectivity index (χ1) is 15.5. The number of benzene rings is 1. The minimum absolute atomic E-state index is 0.191. The molecular weight excluding hydrogens is 440 g/mol. The van der Waals surface area contributed by atoms with E-state index < -0.39 is 41.7 Å². The second-order valence-corrected chi connectivity index (χ2v) is 9.47. The van der Waals surface area contributed by atoms with Crippen molar-refractivity contribution in [2.75, 3.05) is 25.0 Å². The van der Waals surface area contributed by atoms with E-state index in [1.165, 1.54) is 12.1 Å². The zero-order chi connectivity index (χ0) is 24.4. The topological polar surface area (TPSA) is 58.6 Å². The average Bonchev–Trinajstić information content (AvgIpc) is 3.50. The third-order valence-electron chi connectivity index (χ3n) is 6.99. The highest BCUT2D eigenvalue weighted by atomic mass is 19.4. The van der Waals surface area contributed by atoms with Crippen molar-refractivity contribution in [1.29, 1.82) is 0 Å². The van der Waals surface area contributed by atoms with Crippen LogP contribution in [0, 0.1) is 23.1 Å². The highest BCUT2D eigenvalue weighted by Gasteiger charge is 2.50. The number of piperidine rings is 1. The van der Waals surface area contributed by atoms with Gasteiger partial charge in [-0.2, -0.15) is 13.2 Å². The van der Waals surface area contributed by atoms with Crippen LogP contribution in [0.3, 0.4) is 0 Å². The van der Waals surface area contributed by atoms with Crippen LogP contribution >= 0.6 is 0 Å². The van der Waals surface area contributed by atoms with E-state index >= 15 is 0 Å². The highest BCUT2D eigenvalue weighted by Crippen LogP contribution is 2.54. The Labute approximate surface area is 191 Å². The molecule has 0 aromatic heterocycles. The van der Waals surface area contributed by atoms with Crippen LogP contribution in [0.2, 0.25) is 0 Å². The van der Waals surface area contributed by atoms with Gasteiger partial charge >= 0.3 is 12.1 Å². The third kappa shape index (κ3) is 6.25. The maximum atomic E-state index is 14.5. The number of nitrogens with zero attached hydrogens (tertiary/aromatic N) is 1. The summed E-state index contributed by atoms with van der Waals surface area (Å²) in [5, 5.41) is 2.39. The molecule has 1 amide bonds. The number of amides is 1. The molecule has 9 heteroatoms. The minimum atomic E-state index is -4.56. The number of rotatable bonds is 8. The van der Waals surface area contributed by atoms with E-state index in [0.29, 0.717) is 18.7 Å². The summed E-state index contributed by atoms with van der Waals surface area (Å²) >= 11 is 0. The maximum Gasteiger partial charge on any atom is 0.393 e. The fourth-order valence-corrected chi connectivity index (χ4v) is 4.56. The Morgan fingerprint density at radius 3 is 2.33 bits per heavy atom. The smallest absolute Gasteiger partial charge is 0.393 e. The lowest BCUT2D eigenvalue weighted by Gasteiger charge is -2.40. The number of alkyl halides is 3. The molecule has 0 radical (unpaired) electrons. The number of carbonyl (C=O) groups excluding carboxylic acids is 2. The van der Waals surface area contributed by atoms with Crippen molar-refractivity contribution in [3.63, 3.8) is 0 Å². The van der Waals surface area contributed by atoms with Crippen molar-refractivity contribution in [3.8, 4) is 0 Å². The molecule has 1 saturated heterocycles. The minimum Gasteiger partial charge on any atom is -0.466 e. The number of esters is 1. The number of nitrogens with one attached hydrogen (secondary N) is 1. The average molecular weight is 473 g/mol. The Morgan fingerprint density at radius 1 is 1.15 bits per heavy atom. The van der Waals surface area contributed by atoms with Crippen LogP contribution in [0.5, 0.6) is 0 Å². The Morgan fingerprint density at radius 2 is 1.79 bits per heavy atom. The first-order valence-corrected chi connectivity index (χ1v) is 11.5. The van der Waals surface area contributed by atoms with Gasteiger partial charge in [0.05, 0.1) is 24.1 Å². The largest absolute Gasteiger partial charge is 0.466 e. The van der Waals surface area contributed by atoms with Gasteiger partial charge in [0.2, 0.25) is 5.91 Å². The van der Waals surface area contributed by atoms with E-state index in [1.54, 1.807) is 18.7 Å². The molecule has 184 valence electrons. The lowest BCUT2D eigenvalue weighted by atomic mass is 9.90. The summed E-state index contributed by atoms with van der Waals surface area (Å²) in [7, 11) is 0. The van der Waals surface area contributed by atoms with E-state index in [1.807, 2.05) is 0 Å². The van der Waals surface area contributed by atoms with Crippen molar-refractivity contribution in [1.82, 2.24) is 4.90 Å². The number of hydrogen-bond acceptors (Lipinski definition) is 4. The van der Waals surface area contributed by atoms with E-state index in [2.05, 4.69) is 5.32 Å². The van der Waals surface area contributed by atoms with Crippen LogP contribution < -0.4 is 5.32 Å². The standard InChI is InChI=1S/C24H32F4N2O3/c1-4-33-22(32)15(2)13-17-5-6-18(25)19(14-17)29-21(31)20(16(3)24(26,27)28)30-11-9-23(7-8-23)10-12-30/h5-6,14-16,20H,4,7-13H2,1-3H3,(H,29,31)/t15-,16-,20-/m1/s1. The fraction of sp³-hybridized carbons (Fsp3) is 0.667. The van der Waals surface area contributed by atoms with Crippen LogP contribution in [-0.4, -0.2) is 48.7 Å². The predicted octanol–water partition coefficient (Wildman–Crippen LogP) is 4.95. The van der Waals surface area contributed by atoms with E-state index in [9.17, 15) is 27.2 Å². The zero-order valence-corrected chi connectivity index (χ0v) is 19.3. The monoisotopic (exact) mass is 472 g/mol. The van der Waals surface area contributed by atoms with Gasteiger partial charge in [0.25, 0.3) is 0 Å². The fourth-order valence-electron chi connectivity index (χ4n) is 4.56. The highest BCUT2D eigenvalue weighted by molar-refractivity contribution is 5.95. The number of carbonyl (C=O) groups is 2. The number of likely N-dealkylation sites (tertiary alicyclic amines) is 1. The quantitative estimate of drug-likeness (QED) is 0.430. The number of hydrogen-bond donors (Lipinski definition) is 1. The molecule has 1 spiro atoms. The summed E-state index contributed by atoms with van der Waals surface area (Å²) in [6.07, 6.45) is -0.581. The van der Waals surface area contributed by atoms with Gasteiger partial charge in [-0.1, -0.05) is 19.9 Å². The third-order valence-corrected chi connectivity index (χ3v) is 6.99. The van der Waals surface area contributed by atoms with E-state index in [0.717, 1.165) is 38.7 Å². The van der Waals surface area contributed by atoms with Crippen LogP contribution in [0.25, 0.3) is 0 Å². The van der Waals surface area contributed by atoms with Gasteiger partial charge in [-0.3, -0.25) is 14.5 Å². The Hall–Kier alpha value is -2.16. The lowest BCUT2D eigenvalue weighted by Crippen LogP contribution is -2.54. The molecule has 1 aromatic rings. The molecule has 2 fully saturated rings. The molecule has 1 aromatic carbocycles. The molecule has 2 aliphatic rings. The van der Waals surface area contributed by atoms with Crippen LogP contribution in [0.4, 0.5) is 23.2 Å². The lowest BCUT2D eigenvalue weighted by molar-refractivity contribution is -0.189. The summed E-state index contributed by atoms with van der Waals surface area (Å²) in [5.74, 6) is -4.41. The van der Waals surface area contributed by atoms with Crippen molar-refractivity contribution in [2.24, 2.45) is 17.3 Å². The number of ether oxygens (including phenoxy) is 1. The molecular formula is C24H32F4N2O3. The van der Waals surface area contributed by atoms with Gasteiger partial charge in [0.15, 0.2) is 0 Å². The number of halogens is 4. The SMILES string of the molecule is CCOC(=O)[C@H](C)Cc1ccc(F)c(NC(=O)[C@@H]([C@@H](C)C(F)(F)F)N2CCC3(CC2)CC3)c1. The van der Waals surface area contributed by atoms with Crippen molar-refractivity contribution >= 4 is 17.6 Å². The molecule has 3 rings (SSSR count). The van der Waals surface area contributed by atoms with E-state index in [4.69, 9.17) is 4.74 Å². The zero-order valence-electron chi connectivity index (χ0n) is 19.3. The molecule has 1 saturated carbocycles. The first-order valence-electron chi connectivity index (χ1n) is 11.5. The summed E-state index contributed by atoms with van der Waals surface area (Å²) in [6, 6.07) is 2.55. The molecule has 5 nitrogen and oxygen atoms in total. The van der Waals surface area contributed by atoms with Gasteiger partial charge in [0.1, 0.15) is 11.9 Å². The second kappa shape index (κ2) is 9.99. The molecule has 3 atom stereocenters. The summed E-state index contributed by atoms with van der Waals surface area (Å²) in [5.41, 5.74) is 0.625. The van der Waals surface area contributed by atoms with E-state index in [-0.39, 0.29) is 24.1 Å².